The summed E-state index contributed by atoms with van der Waals surface area (Å²) in [6, 6.07) is 77.0. The van der Waals surface area contributed by atoms with Crippen molar-refractivity contribution >= 4 is 55.4 Å². The lowest BCUT2D eigenvalue weighted by atomic mass is 9.91. The molecule has 292 valence electrons. The molecule has 12 rings (SSSR count). The molecule has 5 heteroatoms. The molecule has 0 amide bonds. The molecule has 1 aliphatic heterocycles. The Morgan fingerprint density at radius 3 is 1.90 bits per heavy atom. The van der Waals surface area contributed by atoms with Gasteiger partial charge in [-0.25, -0.2) is 9.98 Å². The van der Waals surface area contributed by atoms with E-state index in [0.717, 1.165) is 72.4 Å². The van der Waals surface area contributed by atoms with Gasteiger partial charge in [0.15, 0.2) is 5.84 Å². The van der Waals surface area contributed by atoms with Gasteiger partial charge in [0.05, 0.1) is 11.0 Å². The molecule has 0 saturated carbocycles. The van der Waals surface area contributed by atoms with Crippen molar-refractivity contribution < 1.29 is 4.42 Å². The van der Waals surface area contributed by atoms with Gasteiger partial charge in [0.1, 0.15) is 23.2 Å². The standard InChI is InChI=1S/C57H38N4O/c1-4-16-37(17-5-1)55-58-56(38-18-6-2-7-19-38)60-57(59-55)42-21-14-20-39(34-42)40-30-32-48-53(36-40)62-52-29-15-27-47(54(48)52)45-25-11-10-24-44(45)41-31-33-51-49(35-41)46-26-12-13-28-50(46)61(51)43-22-8-3-9-23-43/h1-36,57H,(H,58,59,60). The fraction of sp³-hybridized carbons (Fsp3) is 0.0175. The Labute approximate surface area is 358 Å². The third-order valence-corrected chi connectivity index (χ3v) is 12.1. The quantitative estimate of drug-likeness (QED) is 0.175. The van der Waals surface area contributed by atoms with Gasteiger partial charge in [-0.05, 0) is 93.5 Å². The lowest BCUT2D eigenvalue weighted by Crippen LogP contribution is -2.33. The third kappa shape index (κ3) is 6.10. The number of furan rings is 1. The minimum absolute atomic E-state index is 0.321. The SMILES string of the molecule is c1ccc(C2=NC(c3cccc(-c4ccc5c(c4)oc4cccc(-c6ccccc6-c6ccc7c(c6)c6ccccc6n7-c6ccccc6)c45)c3)NC(c3ccccc3)=N2)cc1. The summed E-state index contributed by atoms with van der Waals surface area (Å²) in [6.07, 6.45) is -0.321. The van der Waals surface area contributed by atoms with Crippen LogP contribution in [0.5, 0.6) is 0 Å². The average Bonchev–Trinajstić information content (AvgIpc) is 3.90. The molecular formula is C57H38N4O. The number of rotatable bonds is 7. The van der Waals surface area contributed by atoms with Crippen LogP contribution in [0, 0.1) is 0 Å². The van der Waals surface area contributed by atoms with E-state index in [2.05, 4.69) is 192 Å². The monoisotopic (exact) mass is 794 g/mol. The van der Waals surface area contributed by atoms with E-state index < -0.39 is 0 Å². The molecule has 0 radical (unpaired) electrons. The molecule has 1 N–H and O–H groups in total. The summed E-state index contributed by atoms with van der Waals surface area (Å²) in [5, 5.41) is 8.28. The summed E-state index contributed by atoms with van der Waals surface area (Å²) in [7, 11) is 0. The fourth-order valence-corrected chi connectivity index (χ4v) is 9.16. The lowest BCUT2D eigenvalue weighted by molar-refractivity contribution is 0.669. The molecule has 1 aliphatic rings. The van der Waals surface area contributed by atoms with Crippen LogP contribution in [-0.2, 0) is 0 Å². The number of aromatic nitrogens is 1. The summed E-state index contributed by atoms with van der Waals surface area (Å²) in [6.45, 7) is 0. The first-order chi connectivity index (χ1) is 30.7. The second-order valence-electron chi connectivity index (χ2n) is 15.8. The van der Waals surface area contributed by atoms with E-state index >= 15 is 0 Å². The van der Waals surface area contributed by atoms with Gasteiger partial charge in [0.25, 0.3) is 0 Å². The van der Waals surface area contributed by atoms with Crippen molar-refractivity contribution in [2.45, 2.75) is 6.17 Å². The molecule has 62 heavy (non-hydrogen) atoms. The minimum atomic E-state index is -0.321. The Balaban J connectivity index is 0.924. The van der Waals surface area contributed by atoms with Crippen molar-refractivity contribution in [3.63, 3.8) is 0 Å². The van der Waals surface area contributed by atoms with Crippen LogP contribution in [0.2, 0.25) is 0 Å². The maximum absolute atomic E-state index is 6.69. The van der Waals surface area contributed by atoms with Gasteiger partial charge in [0, 0.05) is 38.4 Å². The van der Waals surface area contributed by atoms with E-state index in [9.17, 15) is 0 Å². The maximum Gasteiger partial charge on any atom is 0.159 e. The van der Waals surface area contributed by atoms with E-state index in [-0.39, 0.29) is 6.17 Å². The third-order valence-electron chi connectivity index (χ3n) is 12.1. The highest BCUT2D eigenvalue weighted by molar-refractivity contribution is 6.16. The lowest BCUT2D eigenvalue weighted by Gasteiger charge is -2.24. The zero-order chi connectivity index (χ0) is 41.0. The Morgan fingerprint density at radius 1 is 0.419 bits per heavy atom. The first kappa shape index (κ1) is 35.6. The zero-order valence-electron chi connectivity index (χ0n) is 33.6. The van der Waals surface area contributed by atoms with Gasteiger partial charge in [-0.3, -0.25) is 0 Å². The number of fused-ring (bicyclic) bond motifs is 6. The van der Waals surface area contributed by atoms with E-state index in [1.807, 2.05) is 36.4 Å². The Morgan fingerprint density at radius 2 is 1.06 bits per heavy atom. The minimum Gasteiger partial charge on any atom is -0.456 e. The number of para-hydroxylation sites is 2. The molecule has 0 spiro atoms. The molecule has 3 heterocycles. The van der Waals surface area contributed by atoms with Crippen molar-refractivity contribution in [1.29, 1.82) is 0 Å². The summed E-state index contributed by atoms with van der Waals surface area (Å²) in [4.78, 5) is 10.1. The van der Waals surface area contributed by atoms with Crippen LogP contribution in [0.1, 0.15) is 22.9 Å². The van der Waals surface area contributed by atoms with Crippen molar-refractivity contribution in [3.8, 4) is 39.1 Å². The number of nitrogens with one attached hydrogen (secondary N) is 1. The van der Waals surface area contributed by atoms with E-state index in [1.54, 1.807) is 0 Å². The predicted octanol–water partition coefficient (Wildman–Crippen LogP) is 14.2. The Hall–Kier alpha value is -8.28. The van der Waals surface area contributed by atoms with Crippen molar-refractivity contribution in [1.82, 2.24) is 9.88 Å². The maximum atomic E-state index is 6.69. The van der Waals surface area contributed by atoms with Gasteiger partial charge < -0.3 is 14.3 Å². The van der Waals surface area contributed by atoms with Crippen LogP contribution in [0.4, 0.5) is 0 Å². The Kier molecular flexibility index (Phi) is 8.49. The molecule has 11 aromatic rings. The highest BCUT2D eigenvalue weighted by Crippen LogP contribution is 2.43. The second-order valence-corrected chi connectivity index (χ2v) is 15.8. The predicted molar refractivity (Wildman–Crippen MR) is 256 cm³/mol. The fourth-order valence-electron chi connectivity index (χ4n) is 9.16. The van der Waals surface area contributed by atoms with E-state index in [1.165, 1.54) is 32.9 Å². The van der Waals surface area contributed by atoms with E-state index in [4.69, 9.17) is 14.4 Å². The summed E-state index contributed by atoms with van der Waals surface area (Å²) in [5.74, 6) is 1.50. The normalized spacial score (nSPS) is 14.0. The number of hydrogen-bond donors (Lipinski definition) is 1. The van der Waals surface area contributed by atoms with E-state index in [0.29, 0.717) is 5.84 Å². The van der Waals surface area contributed by atoms with Crippen LogP contribution in [0.15, 0.2) is 233 Å². The smallest absolute Gasteiger partial charge is 0.159 e. The summed E-state index contributed by atoms with van der Waals surface area (Å²) in [5.41, 5.74) is 15.1. The van der Waals surface area contributed by atoms with Crippen molar-refractivity contribution in [2.75, 3.05) is 0 Å². The molecule has 5 nitrogen and oxygen atoms in total. The number of nitrogens with zero attached hydrogens (tertiary/aromatic N) is 3. The molecule has 1 unspecified atom stereocenters. The van der Waals surface area contributed by atoms with Gasteiger partial charge in [0.2, 0.25) is 0 Å². The largest absolute Gasteiger partial charge is 0.456 e. The number of benzene rings is 9. The highest BCUT2D eigenvalue weighted by Gasteiger charge is 2.22. The molecule has 2 aromatic heterocycles. The van der Waals surface area contributed by atoms with Crippen LogP contribution < -0.4 is 5.32 Å². The number of aliphatic imine (C=N–C) groups is 2. The summed E-state index contributed by atoms with van der Waals surface area (Å²) < 4.78 is 9.06. The van der Waals surface area contributed by atoms with Crippen molar-refractivity contribution in [2.24, 2.45) is 9.98 Å². The molecule has 0 fully saturated rings. The van der Waals surface area contributed by atoms with Crippen LogP contribution in [0.3, 0.4) is 0 Å². The van der Waals surface area contributed by atoms with Crippen LogP contribution >= 0.6 is 0 Å². The molecule has 0 aliphatic carbocycles. The highest BCUT2D eigenvalue weighted by atomic mass is 16.3. The van der Waals surface area contributed by atoms with Gasteiger partial charge in [-0.15, -0.1) is 0 Å². The molecule has 0 bridgehead atoms. The molecule has 0 saturated heterocycles. The number of amidine groups is 2. The first-order valence-electron chi connectivity index (χ1n) is 21.0. The molecule has 9 aromatic carbocycles. The second kappa shape index (κ2) is 14.8. The van der Waals surface area contributed by atoms with Gasteiger partial charge >= 0.3 is 0 Å². The van der Waals surface area contributed by atoms with Crippen LogP contribution in [0.25, 0.3) is 82.8 Å². The first-order valence-corrected chi connectivity index (χ1v) is 21.0. The molecular weight excluding hydrogens is 757 g/mol. The zero-order valence-corrected chi connectivity index (χ0v) is 33.6. The number of hydrogen-bond acceptors (Lipinski definition) is 4. The molecule has 1 atom stereocenters. The summed E-state index contributed by atoms with van der Waals surface area (Å²) >= 11 is 0. The van der Waals surface area contributed by atoms with Gasteiger partial charge in [-0.1, -0.05) is 164 Å². The van der Waals surface area contributed by atoms with Crippen LogP contribution in [-0.4, -0.2) is 16.2 Å². The average molecular weight is 795 g/mol. The van der Waals surface area contributed by atoms with Gasteiger partial charge in [-0.2, -0.15) is 0 Å². The Bertz CT molecular complexity index is 3550. The topological polar surface area (TPSA) is 54.8 Å². The van der Waals surface area contributed by atoms with Crippen molar-refractivity contribution in [3.05, 3.63) is 235 Å².